The second kappa shape index (κ2) is 26.8. The van der Waals surface area contributed by atoms with E-state index in [1.54, 1.807) is 60.8 Å². The summed E-state index contributed by atoms with van der Waals surface area (Å²) in [6, 6.07) is 18.8. The molecule has 0 bridgehead atoms. The van der Waals surface area contributed by atoms with Crippen molar-refractivity contribution in [3.63, 3.8) is 0 Å². The zero-order valence-corrected chi connectivity index (χ0v) is 56.2. The number of allylic oxidation sites excluding steroid dienone is 4. The van der Waals surface area contributed by atoms with E-state index < -0.39 is 56.8 Å². The maximum absolute atomic E-state index is 14.0. The molecule has 93 heavy (non-hydrogen) atoms. The highest BCUT2D eigenvalue weighted by Crippen LogP contribution is 2.68. The molecule has 7 aliphatic rings. The largest absolute Gasteiger partial charge is 0.497 e. The minimum Gasteiger partial charge on any atom is -0.497 e. The predicted octanol–water partition coefficient (Wildman–Crippen LogP) is 18.1. The molecule has 1 saturated carbocycles. The van der Waals surface area contributed by atoms with E-state index in [1.165, 1.54) is 50.4 Å². The van der Waals surface area contributed by atoms with Crippen molar-refractivity contribution in [3.8, 4) is 5.75 Å². The molecule has 24 heteroatoms. The van der Waals surface area contributed by atoms with Crippen LogP contribution in [0.15, 0.2) is 104 Å². The molecule has 4 N–H and O–H groups in total. The molecule has 0 spiro atoms. The fourth-order valence-electron chi connectivity index (χ4n) is 13.3. The van der Waals surface area contributed by atoms with Gasteiger partial charge in [0, 0.05) is 124 Å². The third-order valence-electron chi connectivity index (χ3n) is 17.4. The first kappa shape index (κ1) is 71.5. The van der Waals surface area contributed by atoms with Gasteiger partial charge in [0.05, 0.1) is 30.0 Å². The number of para-hydroxylation sites is 1. The SMILES string of the molecule is C=C1C=C(C(C)C)c2ccccc2N1.C=C1Nc2ccc(F)cc2C1C(C)C.C=C1Nc2ccc(OC)cc2C1C(C)C.CC(C)n1nc(C(C)(F)F)c2c1CS(=O)(=O)C2.CC(C)n1nc(C(F)(F)F)c2c1CC1C2C1(C)F.CC(C)n1nc2c(c1C(F)(F)F)CNC2. The van der Waals surface area contributed by atoms with Crippen molar-refractivity contribution in [2.24, 2.45) is 23.7 Å². The van der Waals surface area contributed by atoms with Gasteiger partial charge in [-0.1, -0.05) is 79.5 Å². The summed E-state index contributed by atoms with van der Waals surface area (Å²) < 4.78 is 163. The molecule has 5 unspecified atom stereocenters. The molecule has 2 aliphatic carbocycles. The van der Waals surface area contributed by atoms with Gasteiger partial charge in [-0.2, -0.15) is 50.4 Å². The third kappa shape index (κ3) is 15.1. The first-order valence-electron chi connectivity index (χ1n) is 31.2. The summed E-state index contributed by atoms with van der Waals surface area (Å²) in [5.74, 6) is -1.63. The predicted molar refractivity (Wildman–Crippen MR) is 346 cm³/mol. The number of alkyl halides is 9. The number of sulfone groups is 1. The Bertz CT molecular complexity index is 3940. The van der Waals surface area contributed by atoms with Gasteiger partial charge in [0.2, 0.25) is 0 Å². The lowest BCUT2D eigenvalue weighted by atomic mass is 9.88. The molecule has 5 aliphatic heterocycles. The van der Waals surface area contributed by atoms with Crippen LogP contribution in [0.5, 0.6) is 5.75 Å². The lowest BCUT2D eigenvalue weighted by molar-refractivity contribution is -0.145. The fourth-order valence-corrected chi connectivity index (χ4v) is 14.8. The molecule has 1 fully saturated rings. The van der Waals surface area contributed by atoms with Crippen LogP contribution in [-0.4, -0.2) is 50.5 Å². The van der Waals surface area contributed by atoms with E-state index in [9.17, 15) is 52.3 Å². The molecule has 3 aromatic carbocycles. The zero-order chi connectivity index (χ0) is 69.1. The highest BCUT2D eigenvalue weighted by atomic mass is 32.2. The Morgan fingerprint density at radius 2 is 1.20 bits per heavy atom. The van der Waals surface area contributed by atoms with E-state index in [-0.39, 0.29) is 65.0 Å². The number of hydrogen-bond acceptors (Lipinski definition) is 10. The monoisotopic (exact) mass is 1320 g/mol. The van der Waals surface area contributed by atoms with Crippen molar-refractivity contribution in [1.82, 2.24) is 34.7 Å². The molecule has 13 rings (SSSR count). The number of ether oxygens (including phenoxy) is 1. The van der Waals surface area contributed by atoms with Crippen molar-refractivity contribution in [1.29, 1.82) is 0 Å². The Kier molecular flexibility index (Phi) is 20.6. The molecule has 0 amide bonds. The average Bonchev–Trinajstić information content (AvgIpc) is 1.51. The highest BCUT2D eigenvalue weighted by Gasteiger charge is 2.70. The second-order valence-corrected chi connectivity index (χ2v) is 28.8. The molecular formula is C69H86F10N10O3S. The number of halogens is 10. The van der Waals surface area contributed by atoms with Gasteiger partial charge in [0.15, 0.2) is 15.5 Å². The van der Waals surface area contributed by atoms with Gasteiger partial charge in [0.25, 0.3) is 5.92 Å². The van der Waals surface area contributed by atoms with Gasteiger partial charge < -0.3 is 26.0 Å². The number of rotatable bonds is 8. The summed E-state index contributed by atoms with van der Waals surface area (Å²) in [5, 5.41) is 24.2. The molecule has 5 atom stereocenters. The van der Waals surface area contributed by atoms with E-state index in [2.05, 4.69) is 134 Å². The molecule has 8 heterocycles. The number of fused-ring (bicyclic) bond motifs is 8. The average molecular weight is 1330 g/mol. The van der Waals surface area contributed by atoms with Crippen LogP contribution in [0, 0.1) is 29.5 Å². The minimum atomic E-state index is -4.50. The van der Waals surface area contributed by atoms with Crippen molar-refractivity contribution in [3.05, 3.63) is 177 Å². The van der Waals surface area contributed by atoms with Crippen molar-refractivity contribution >= 4 is 32.5 Å². The number of methoxy groups -OCH3 is 1. The van der Waals surface area contributed by atoms with Gasteiger partial charge in [-0.3, -0.25) is 14.0 Å². The summed E-state index contributed by atoms with van der Waals surface area (Å²) in [6.07, 6.45) is -6.32. The molecule has 13 nitrogen and oxygen atoms in total. The van der Waals surface area contributed by atoms with Crippen LogP contribution in [0.3, 0.4) is 0 Å². The van der Waals surface area contributed by atoms with Gasteiger partial charge in [-0.25, -0.2) is 17.2 Å². The van der Waals surface area contributed by atoms with Crippen LogP contribution >= 0.6 is 0 Å². The minimum absolute atomic E-state index is 0.103. The summed E-state index contributed by atoms with van der Waals surface area (Å²) >= 11 is 0. The number of anilines is 3. The number of aromatic nitrogens is 6. The summed E-state index contributed by atoms with van der Waals surface area (Å²) in [5.41, 5.74) is 10.1. The number of nitrogens with one attached hydrogen (secondary N) is 4. The van der Waals surface area contributed by atoms with Gasteiger partial charge in [-0.15, -0.1) is 0 Å². The molecule has 6 aromatic rings. The van der Waals surface area contributed by atoms with Gasteiger partial charge in [-0.05, 0) is 138 Å². The van der Waals surface area contributed by atoms with Crippen LogP contribution in [-0.2, 0) is 59.1 Å². The molecule has 0 radical (unpaired) electrons. The number of hydrogen-bond donors (Lipinski definition) is 4. The van der Waals surface area contributed by atoms with Crippen molar-refractivity contribution in [2.75, 3.05) is 23.1 Å². The maximum Gasteiger partial charge on any atom is 0.435 e. The van der Waals surface area contributed by atoms with Gasteiger partial charge >= 0.3 is 12.4 Å². The fraction of sp³-hybridized carbons (Fsp3) is 0.493. The Morgan fingerprint density at radius 3 is 1.73 bits per heavy atom. The Hall–Kier alpha value is -7.34. The van der Waals surface area contributed by atoms with Crippen LogP contribution in [0.2, 0.25) is 0 Å². The van der Waals surface area contributed by atoms with Crippen LogP contribution in [0.1, 0.15) is 200 Å². The van der Waals surface area contributed by atoms with Crippen LogP contribution in [0.25, 0.3) is 5.57 Å². The smallest absolute Gasteiger partial charge is 0.435 e. The standard InChI is InChI=1S/C13H17NO.C13H15N.C12H14F4N2.C12H14FN.C10H14F2N2O2S.C9H12F3N3/c1-8(2)13-9(3)14-12-6-5-10(15-4)7-11(12)13;1-9(2)12-8-10(3)14-13-7-5-4-6-11(12)13;1-5(2)18-7-4-6-9(11(6,3)13)8(7)10(17-18)12(14,15)16;1-7(2)12-8(3)14-11-5-4-9(13)6-10(11)12;1-6(2)14-8-5-17(15,16)4-7(8)9(13-14)10(3,11)12;1-5(2)15-8(9(10,11)12)6-3-13-4-7(6)14-15/h5-8,13-14H,3H2,1-2,4H3;4-9,14H,3H2,1-2H3;5-6,9H,4H2,1-3H3;4-7,12,14H,3H2,1-2H3;6H,4-5H2,1-3H3;5,13H,3-4H2,1-2H3. The van der Waals surface area contributed by atoms with E-state index in [0.29, 0.717) is 59.3 Å². The van der Waals surface area contributed by atoms with Crippen LogP contribution < -0.4 is 26.0 Å². The molecular weight excluding hydrogens is 1240 g/mol. The van der Waals surface area contributed by atoms with Crippen molar-refractivity contribution < 1.29 is 57.1 Å². The summed E-state index contributed by atoms with van der Waals surface area (Å²) in [6.45, 7) is 38.5. The summed E-state index contributed by atoms with van der Waals surface area (Å²) in [7, 11) is -1.60. The number of benzene rings is 3. The van der Waals surface area contributed by atoms with Gasteiger partial charge in [0.1, 0.15) is 28.6 Å². The number of nitrogens with zero attached hydrogens (tertiary/aromatic N) is 6. The normalized spacial score (nSPS) is 20.8. The Balaban J connectivity index is 0.000000144. The maximum atomic E-state index is 14.0. The zero-order valence-electron chi connectivity index (χ0n) is 55.4. The second-order valence-electron chi connectivity index (χ2n) is 26.7. The van der Waals surface area contributed by atoms with E-state index in [0.717, 1.165) is 45.7 Å². The lowest BCUT2D eigenvalue weighted by Gasteiger charge is -2.22. The Morgan fingerprint density at radius 1 is 0.656 bits per heavy atom. The molecule has 506 valence electrons. The summed E-state index contributed by atoms with van der Waals surface area (Å²) in [4.78, 5) is 0. The first-order chi connectivity index (χ1) is 43.1. The van der Waals surface area contributed by atoms with Crippen molar-refractivity contribution in [2.45, 2.75) is 188 Å². The lowest BCUT2D eigenvalue weighted by Crippen LogP contribution is -2.19. The van der Waals surface area contributed by atoms with E-state index >= 15 is 0 Å². The quantitative estimate of drug-likeness (QED) is 0.109. The Labute approximate surface area is 539 Å². The van der Waals surface area contributed by atoms with E-state index in [1.807, 2.05) is 12.1 Å². The molecule has 3 aromatic heterocycles. The third-order valence-corrected chi connectivity index (χ3v) is 18.9. The first-order valence-corrected chi connectivity index (χ1v) is 33.0. The molecule has 0 saturated heterocycles. The topological polar surface area (TPSA) is 145 Å². The van der Waals surface area contributed by atoms with E-state index in [4.69, 9.17) is 4.74 Å². The highest BCUT2D eigenvalue weighted by molar-refractivity contribution is 7.90. The van der Waals surface area contributed by atoms with Crippen LogP contribution in [0.4, 0.5) is 61.0 Å².